The molecule has 2 N–H and O–H groups in total. The van der Waals surface area contributed by atoms with Crippen molar-refractivity contribution in [3.8, 4) is 0 Å². The van der Waals surface area contributed by atoms with Crippen LogP contribution >= 0.6 is 0 Å². The number of carboxylic acids is 2. The smallest absolute Gasteiger partial charge is 0.0771 e. The molecule has 0 radical (unpaired) electrons. The zero-order chi connectivity index (χ0) is 26.1. The molecule has 1 aliphatic rings. The van der Waals surface area contributed by atoms with Crippen LogP contribution in [0.2, 0.25) is 13.1 Å². The molecule has 176 valence electrons. The SMILES string of the molecule is C=C(C)C(=O)O.C=C(C)C(=O)O.C[Si](C)=[Ti+2].[C-]1=CC=CC1.c1ccc2c(c1)[cH-]c1ccccc12. The molecule has 0 unspecified atom stereocenters. The van der Waals surface area contributed by atoms with Crippen molar-refractivity contribution in [2.24, 2.45) is 0 Å². The van der Waals surface area contributed by atoms with Crippen LogP contribution in [0.15, 0.2) is 97.1 Å². The van der Waals surface area contributed by atoms with Gasteiger partial charge in [0.05, 0.1) is 0 Å². The molecule has 34 heavy (non-hydrogen) atoms. The third-order valence-corrected chi connectivity index (χ3v) is 3.84. The Morgan fingerprint density at radius 2 is 1.26 bits per heavy atom. The molecule has 0 fully saturated rings. The van der Waals surface area contributed by atoms with Gasteiger partial charge in [0, 0.05) is 11.1 Å². The zero-order valence-electron chi connectivity index (χ0n) is 20.3. The largest absolute Gasteiger partial charge is 0.273 e. The third kappa shape index (κ3) is 14.3. The average Bonchev–Trinajstić information content (AvgIpc) is 3.46. The van der Waals surface area contributed by atoms with E-state index in [1.807, 2.05) is 12.2 Å². The summed E-state index contributed by atoms with van der Waals surface area (Å²) < 4.78 is 0. The third-order valence-electron chi connectivity index (χ3n) is 3.84. The van der Waals surface area contributed by atoms with Gasteiger partial charge in [-0.05, 0) is 13.8 Å². The van der Waals surface area contributed by atoms with E-state index in [1.165, 1.54) is 35.4 Å². The molecule has 4 nitrogen and oxygen atoms in total. The monoisotopic (exact) mass is 508 g/mol. The summed E-state index contributed by atoms with van der Waals surface area (Å²) in [5.41, 5.74) is 0.352. The number of carbonyl (C=O) groups is 2. The Balaban J connectivity index is 0.000000443. The molecule has 0 bridgehead atoms. The second kappa shape index (κ2) is 17.6. The molecule has 0 amide bonds. The molecule has 0 spiro atoms. The number of aliphatic carboxylic acids is 2. The number of rotatable bonds is 2. The number of hydrogen-bond acceptors (Lipinski definition) is 2. The maximum atomic E-state index is 9.60. The first-order valence-corrected chi connectivity index (χ1v) is 15.4. The summed E-state index contributed by atoms with van der Waals surface area (Å²) in [5.74, 6) is -1.87. The van der Waals surface area contributed by atoms with Gasteiger partial charge >= 0.3 is 50.4 Å². The number of benzene rings is 2. The molecule has 3 aromatic carbocycles. The van der Waals surface area contributed by atoms with E-state index in [1.54, 1.807) is 0 Å². The molecule has 0 aliphatic heterocycles. The van der Waals surface area contributed by atoms with E-state index in [-0.39, 0.29) is 17.3 Å². The minimum atomic E-state index is -0.935. The first kappa shape index (κ1) is 31.1. The van der Waals surface area contributed by atoms with Crippen molar-refractivity contribution >= 4 is 39.7 Å². The van der Waals surface area contributed by atoms with Crippen molar-refractivity contribution in [1.29, 1.82) is 0 Å². The van der Waals surface area contributed by atoms with Gasteiger partial charge < -0.3 is 10.2 Å². The summed E-state index contributed by atoms with van der Waals surface area (Å²) in [4.78, 5) is 19.2. The maximum absolute atomic E-state index is 9.60. The molecule has 0 saturated heterocycles. The topological polar surface area (TPSA) is 74.6 Å². The van der Waals surface area contributed by atoms with Crippen LogP contribution in [0.1, 0.15) is 20.3 Å². The quantitative estimate of drug-likeness (QED) is 0.220. The summed E-state index contributed by atoms with van der Waals surface area (Å²) in [6.45, 7) is 13.7. The molecule has 4 rings (SSSR count). The molecular formula is C28H32O4SiTi. The second-order valence-electron chi connectivity index (χ2n) is 7.49. The predicted molar refractivity (Wildman–Crippen MR) is 141 cm³/mol. The minimum Gasteiger partial charge on any atom is -0.273 e. The van der Waals surface area contributed by atoms with Crippen LogP contribution in [0.3, 0.4) is 0 Å². The van der Waals surface area contributed by atoms with Crippen molar-refractivity contribution in [3.63, 3.8) is 0 Å². The first-order valence-electron chi connectivity index (χ1n) is 10.5. The van der Waals surface area contributed by atoms with Crippen molar-refractivity contribution in [2.45, 2.75) is 33.4 Å². The van der Waals surface area contributed by atoms with E-state index in [2.05, 4.69) is 112 Å². The molecule has 0 aromatic heterocycles. The minimum absolute atomic E-state index is 0.120. The summed E-state index contributed by atoms with van der Waals surface area (Å²) in [6.07, 6.45) is 10.1. The number of fused-ring (bicyclic) bond motifs is 3. The van der Waals surface area contributed by atoms with Gasteiger partial charge in [-0.15, -0.1) is 46.2 Å². The van der Waals surface area contributed by atoms with Crippen LogP contribution in [0.25, 0.3) is 21.5 Å². The molecule has 0 atom stereocenters. The van der Waals surface area contributed by atoms with Crippen LogP contribution in [0, 0.1) is 6.08 Å². The number of allylic oxidation sites excluding steroid dienone is 4. The Bertz CT molecular complexity index is 1070. The van der Waals surface area contributed by atoms with Gasteiger partial charge in [0.2, 0.25) is 0 Å². The normalized spacial score (nSPS) is 10.3. The van der Waals surface area contributed by atoms with Crippen molar-refractivity contribution in [2.75, 3.05) is 0 Å². The van der Waals surface area contributed by atoms with Gasteiger partial charge in [-0.25, -0.2) is 21.7 Å². The number of carboxylic acid groups (broad SMARTS) is 2. The second-order valence-corrected chi connectivity index (χ2v) is 14.2. The molecule has 0 saturated carbocycles. The van der Waals surface area contributed by atoms with Gasteiger partial charge in [0.25, 0.3) is 0 Å². The fraction of sp³-hybridized carbons (Fsp3) is 0.179. The Morgan fingerprint density at radius 3 is 1.50 bits per heavy atom. The number of hydrogen-bond donors (Lipinski definition) is 2. The van der Waals surface area contributed by atoms with Crippen molar-refractivity contribution < 1.29 is 39.0 Å². The molecule has 1 aliphatic carbocycles. The van der Waals surface area contributed by atoms with Crippen molar-refractivity contribution in [3.05, 3.63) is 103 Å². The molecular weight excluding hydrogens is 476 g/mol. The van der Waals surface area contributed by atoms with E-state index in [4.69, 9.17) is 10.2 Å². The predicted octanol–water partition coefficient (Wildman–Crippen LogP) is 7.10. The Labute approximate surface area is 214 Å². The van der Waals surface area contributed by atoms with Crippen LogP contribution < -0.4 is 0 Å². The summed E-state index contributed by atoms with van der Waals surface area (Å²) in [7, 11) is 0. The summed E-state index contributed by atoms with van der Waals surface area (Å²) >= 11 is 2.27. The van der Waals surface area contributed by atoms with E-state index in [0.29, 0.717) is 0 Å². The van der Waals surface area contributed by atoms with E-state index < -0.39 is 11.9 Å². The average molecular weight is 509 g/mol. The van der Waals surface area contributed by atoms with Gasteiger partial charge in [-0.3, -0.25) is 6.08 Å². The van der Waals surface area contributed by atoms with E-state index in [9.17, 15) is 9.59 Å². The van der Waals surface area contributed by atoms with Crippen LogP contribution in [-0.2, 0) is 28.8 Å². The standard InChI is InChI=1S/C13H9.C5H5.2C4H6O2.C2H6Si.Ti/c1-3-7-12-10(5-1)9-11-6-2-4-8-13(11)12;1-2-4-5-3-1;2*1-3(2)4(5)6;1-3-2;/h1-9H;1-3H,4H2;2*1H2,2H3,(H,5,6);1-2H3;/q2*-1;;;;+2. The summed E-state index contributed by atoms with van der Waals surface area (Å²) in [5, 5.41) is 21.2. The summed E-state index contributed by atoms with van der Waals surface area (Å²) in [6, 6.07) is 19.3. The van der Waals surface area contributed by atoms with E-state index >= 15 is 0 Å². The van der Waals surface area contributed by atoms with E-state index in [0.717, 1.165) is 6.42 Å². The Hall–Kier alpha value is -2.86. The fourth-order valence-corrected chi connectivity index (χ4v) is 2.24. The maximum Gasteiger partial charge on any atom is -0.0771 e. The Kier molecular flexibility index (Phi) is 16.1. The van der Waals surface area contributed by atoms with Crippen LogP contribution in [-0.4, -0.2) is 28.3 Å². The van der Waals surface area contributed by atoms with Gasteiger partial charge in [0.1, 0.15) is 0 Å². The Morgan fingerprint density at radius 1 is 0.912 bits per heavy atom. The first-order chi connectivity index (χ1) is 16.0. The fourth-order valence-electron chi connectivity index (χ4n) is 2.24. The molecule has 0 heterocycles. The van der Waals surface area contributed by atoms with Gasteiger partial charge in [-0.2, -0.15) is 6.08 Å². The molecule has 6 heteroatoms. The van der Waals surface area contributed by atoms with Gasteiger partial charge in [0.15, 0.2) is 0 Å². The van der Waals surface area contributed by atoms with Crippen LogP contribution in [0.4, 0.5) is 0 Å². The zero-order valence-corrected chi connectivity index (χ0v) is 22.8. The van der Waals surface area contributed by atoms with Crippen LogP contribution in [0.5, 0.6) is 0 Å². The van der Waals surface area contributed by atoms with Crippen molar-refractivity contribution in [1.82, 2.24) is 0 Å². The van der Waals surface area contributed by atoms with Gasteiger partial charge in [-0.1, -0.05) is 49.6 Å². The molecule has 3 aromatic rings.